The number of piperidine rings is 1. The lowest BCUT2D eigenvalue weighted by Gasteiger charge is -2.32. The lowest BCUT2D eigenvalue weighted by Crippen LogP contribution is -2.42. The molecule has 1 amide bonds. The van der Waals surface area contributed by atoms with E-state index in [0.717, 1.165) is 6.42 Å². The summed E-state index contributed by atoms with van der Waals surface area (Å²) in [6.07, 6.45) is 2.73. The lowest BCUT2D eigenvalue weighted by atomic mass is 9.91. The van der Waals surface area contributed by atoms with Gasteiger partial charge in [0.15, 0.2) is 0 Å². The summed E-state index contributed by atoms with van der Waals surface area (Å²) in [5, 5.41) is 8.82. The normalized spacial score (nSPS) is 33.2. The Kier molecular flexibility index (Phi) is 1.98. The standard InChI is InChI=1S/C9H13NO3/c11-8-2-1-7-5-6(9(12)13)3-4-10(7)8/h6-7H,1-5H2,(H,12,13). The highest BCUT2D eigenvalue weighted by Gasteiger charge is 2.38. The minimum Gasteiger partial charge on any atom is -0.481 e. The molecule has 0 aliphatic carbocycles. The smallest absolute Gasteiger partial charge is 0.306 e. The molecule has 4 heteroatoms. The van der Waals surface area contributed by atoms with E-state index < -0.39 is 5.97 Å². The lowest BCUT2D eigenvalue weighted by molar-refractivity contribution is -0.145. The molecule has 2 fully saturated rings. The van der Waals surface area contributed by atoms with Gasteiger partial charge in [0.2, 0.25) is 5.91 Å². The Morgan fingerprint density at radius 1 is 1.46 bits per heavy atom. The number of nitrogens with zero attached hydrogens (tertiary/aromatic N) is 1. The zero-order valence-electron chi connectivity index (χ0n) is 7.40. The highest BCUT2D eigenvalue weighted by Crippen LogP contribution is 2.30. The van der Waals surface area contributed by atoms with E-state index in [2.05, 4.69) is 0 Å². The van der Waals surface area contributed by atoms with Gasteiger partial charge in [0, 0.05) is 19.0 Å². The summed E-state index contributed by atoms with van der Waals surface area (Å²) in [5.41, 5.74) is 0. The van der Waals surface area contributed by atoms with E-state index in [9.17, 15) is 9.59 Å². The van der Waals surface area contributed by atoms with Gasteiger partial charge >= 0.3 is 5.97 Å². The van der Waals surface area contributed by atoms with Crippen molar-refractivity contribution in [3.05, 3.63) is 0 Å². The molecule has 2 rings (SSSR count). The van der Waals surface area contributed by atoms with Crippen LogP contribution in [0.25, 0.3) is 0 Å². The van der Waals surface area contributed by atoms with E-state index in [0.29, 0.717) is 25.8 Å². The third-order valence-electron chi connectivity index (χ3n) is 3.08. The predicted molar refractivity (Wildman–Crippen MR) is 45.1 cm³/mol. The highest BCUT2D eigenvalue weighted by atomic mass is 16.4. The Bertz CT molecular complexity index is 251. The maximum Gasteiger partial charge on any atom is 0.306 e. The van der Waals surface area contributed by atoms with E-state index >= 15 is 0 Å². The van der Waals surface area contributed by atoms with Crippen LogP contribution in [0.1, 0.15) is 25.7 Å². The minimum atomic E-state index is -0.709. The number of rotatable bonds is 1. The molecule has 2 heterocycles. The molecular formula is C9H13NO3. The molecular weight excluding hydrogens is 170 g/mol. The molecule has 2 aliphatic rings. The van der Waals surface area contributed by atoms with Crippen LogP contribution < -0.4 is 0 Å². The summed E-state index contributed by atoms with van der Waals surface area (Å²) in [6.45, 7) is 0.639. The Balaban J connectivity index is 2.03. The summed E-state index contributed by atoms with van der Waals surface area (Å²) in [7, 11) is 0. The molecule has 4 nitrogen and oxygen atoms in total. The van der Waals surface area contributed by atoms with Gasteiger partial charge in [-0.25, -0.2) is 0 Å². The molecule has 2 atom stereocenters. The number of hydrogen-bond donors (Lipinski definition) is 1. The van der Waals surface area contributed by atoms with Crippen molar-refractivity contribution in [2.24, 2.45) is 5.92 Å². The van der Waals surface area contributed by atoms with E-state index in [-0.39, 0.29) is 17.9 Å². The maximum atomic E-state index is 11.3. The fraction of sp³-hybridized carbons (Fsp3) is 0.778. The number of aliphatic carboxylic acids is 1. The Morgan fingerprint density at radius 2 is 2.23 bits per heavy atom. The van der Waals surface area contributed by atoms with E-state index in [1.54, 1.807) is 0 Å². The van der Waals surface area contributed by atoms with Crippen molar-refractivity contribution >= 4 is 11.9 Å². The van der Waals surface area contributed by atoms with Gasteiger partial charge < -0.3 is 10.0 Å². The van der Waals surface area contributed by atoms with Crippen molar-refractivity contribution in [2.45, 2.75) is 31.7 Å². The molecule has 0 aromatic heterocycles. The summed E-state index contributed by atoms with van der Waals surface area (Å²) in [6, 6.07) is 0.211. The van der Waals surface area contributed by atoms with Gasteiger partial charge in [0.25, 0.3) is 0 Å². The molecule has 0 aromatic rings. The van der Waals surface area contributed by atoms with Gasteiger partial charge in [0.1, 0.15) is 0 Å². The number of fused-ring (bicyclic) bond motifs is 1. The maximum absolute atomic E-state index is 11.3. The summed E-state index contributed by atoms with van der Waals surface area (Å²) in [4.78, 5) is 23.8. The van der Waals surface area contributed by atoms with Crippen LogP contribution in [0.15, 0.2) is 0 Å². The van der Waals surface area contributed by atoms with E-state index in [1.165, 1.54) is 0 Å². The molecule has 0 saturated carbocycles. The van der Waals surface area contributed by atoms with Gasteiger partial charge in [-0.05, 0) is 19.3 Å². The monoisotopic (exact) mass is 183 g/mol. The SMILES string of the molecule is O=C(O)C1CCN2C(=O)CCC2C1. The average molecular weight is 183 g/mol. The molecule has 2 unspecified atom stereocenters. The topological polar surface area (TPSA) is 57.6 Å². The predicted octanol–water partition coefficient (Wildman–Crippen LogP) is 0.472. The Hall–Kier alpha value is -1.06. The first-order valence-electron chi connectivity index (χ1n) is 4.71. The Morgan fingerprint density at radius 3 is 2.92 bits per heavy atom. The third-order valence-corrected chi connectivity index (χ3v) is 3.08. The molecule has 0 aromatic carbocycles. The van der Waals surface area contributed by atoms with Crippen LogP contribution in [0.4, 0.5) is 0 Å². The molecule has 2 saturated heterocycles. The number of hydrogen-bond acceptors (Lipinski definition) is 2. The second-order valence-electron chi connectivity index (χ2n) is 3.84. The number of carboxylic acid groups (broad SMARTS) is 1. The van der Waals surface area contributed by atoms with Crippen LogP contribution in [-0.2, 0) is 9.59 Å². The molecule has 1 N–H and O–H groups in total. The van der Waals surface area contributed by atoms with Crippen molar-refractivity contribution in [3.8, 4) is 0 Å². The van der Waals surface area contributed by atoms with Crippen LogP contribution in [-0.4, -0.2) is 34.5 Å². The van der Waals surface area contributed by atoms with Crippen LogP contribution in [0.5, 0.6) is 0 Å². The van der Waals surface area contributed by atoms with Crippen LogP contribution in [0, 0.1) is 5.92 Å². The first-order chi connectivity index (χ1) is 6.18. The van der Waals surface area contributed by atoms with Gasteiger partial charge in [0.05, 0.1) is 5.92 Å². The number of carbonyl (C=O) groups is 2. The van der Waals surface area contributed by atoms with Crippen LogP contribution in [0.3, 0.4) is 0 Å². The second kappa shape index (κ2) is 3.01. The molecule has 72 valence electrons. The number of carboxylic acids is 1. The van der Waals surface area contributed by atoms with Gasteiger partial charge in [-0.2, -0.15) is 0 Å². The zero-order valence-corrected chi connectivity index (χ0v) is 7.40. The number of amides is 1. The third kappa shape index (κ3) is 1.41. The highest BCUT2D eigenvalue weighted by molar-refractivity contribution is 5.79. The molecule has 0 spiro atoms. The van der Waals surface area contributed by atoms with Crippen LogP contribution in [0.2, 0.25) is 0 Å². The number of carbonyl (C=O) groups excluding carboxylic acids is 1. The molecule has 0 radical (unpaired) electrons. The zero-order chi connectivity index (χ0) is 9.42. The van der Waals surface area contributed by atoms with Crippen molar-refractivity contribution in [1.29, 1.82) is 0 Å². The van der Waals surface area contributed by atoms with Gasteiger partial charge in [-0.3, -0.25) is 9.59 Å². The molecule has 0 bridgehead atoms. The van der Waals surface area contributed by atoms with Crippen LogP contribution >= 0.6 is 0 Å². The summed E-state index contributed by atoms with van der Waals surface area (Å²) >= 11 is 0. The van der Waals surface area contributed by atoms with Gasteiger partial charge in [-0.15, -0.1) is 0 Å². The fourth-order valence-corrected chi connectivity index (χ4v) is 2.31. The van der Waals surface area contributed by atoms with Crippen molar-refractivity contribution in [3.63, 3.8) is 0 Å². The molecule has 13 heavy (non-hydrogen) atoms. The van der Waals surface area contributed by atoms with E-state index in [4.69, 9.17) is 5.11 Å². The second-order valence-corrected chi connectivity index (χ2v) is 3.84. The molecule has 2 aliphatic heterocycles. The summed E-state index contributed by atoms with van der Waals surface area (Å²) in [5.74, 6) is -0.736. The Labute approximate surface area is 76.5 Å². The average Bonchev–Trinajstić information content (AvgIpc) is 2.47. The van der Waals surface area contributed by atoms with Crippen molar-refractivity contribution < 1.29 is 14.7 Å². The van der Waals surface area contributed by atoms with Gasteiger partial charge in [-0.1, -0.05) is 0 Å². The quantitative estimate of drug-likeness (QED) is 0.643. The van der Waals surface area contributed by atoms with Crippen molar-refractivity contribution in [1.82, 2.24) is 4.90 Å². The fourth-order valence-electron chi connectivity index (χ4n) is 2.31. The van der Waals surface area contributed by atoms with Crippen molar-refractivity contribution in [2.75, 3.05) is 6.54 Å². The van der Waals surface area contributed by atoms with E-state index in [1.807, 2.05) is 4.90 Å². The largest absolute Gasteiger partial charge is 0.481 e. The first kappa shape index (κ1) is 8.53. The summed E-state index contributed by atoms with van der Waals surface area (Å²) < 4.78 is 0. The first-order valence-corrected chi connectivity index (χ1v) is 4.71. The minimum absolute atomic E-state index is 0.203.